The van der Waals surface area contributed by atoms with Crippen molar-refractivity contribution in [1.82, 2.24) is 9.80 Å². The van der Waals surface area contributed by atoms with Gasteiger partial charge in [0, 0.05) is 30.7 Å². The summed E-state index contributed by atoms with van der Waals surface area (Å²) in [5.74, 6) is -0.316. The van der Waals surface area contributed by atoms with Crippen LogP contribution >= 0.6 is 0 Å². The largest absolute Gasteiger partial charge is 0.336 e. The molecule has 1 aliphatic heterocycles. The first-order chi connectivity index (χ1) is 9.44. The van der Waals surface area contributed by atoms with Crippen molar-refractivity contribution in [3.8, 4) is 0 Å². The number of piperazine rings is 1. The fourth-order valence-electron chi connectivity index (χ4n) is 2.82. The zero-order valence-corrected chi connectivity index (χ0v) is 12.5. The molecule has 1 aromatic rings. The number of amides is 1. The molecular formula is C16H23FN2O. The summed E-state index contributed by atoms with van der Waals surface area (Å²) in [6.45, 7) is 9.92. The van der Waals surface area contributed by atoms with E-state index in [0.29, 0.717) is 12.1 Å². The van der Waals surface area contributed by atoms with E-state index in [1.807, 2.05) is 4.90 Å². The molecule has 1 aromatic carbocycles. The van der Waals surface area contributed by atoms with Crippen molar-refractivity contribution in [1.29, 1.82) is 0 Å². The van der Waals surface area contributed by atoms with Gasteiger partial charge in [0.1, 0.15) is 5.82 Å². The predicted molar refractivity (Wildman–Crippen MR) is 78.2 cm³/mol. The number of nitrogens with zero attached hydrogens (tertiary/aromatic N) is 2. The molecule has 0 aromatic heterocycles. The molecule has 0 radical (unpaired) electrons. The molecule has 1 fully saturated rings. The number of hydrogen-bond donors (Lipinski definition) is 0. The topological polar surface area (TPSA) is 23.6 Å². The normalized spacial score (nSPS) is 19.1. The van der Waals surface area contributed by atoms with Crippen molar-refractivity contribution >= 4 is 5.91 Å². The number of carbonyl (C=O) groups is 1. The molecule has 0 aliphatic carbocycles. The SMILES string of the molecule is CCCN1CCN(C(=O)c2ccc(F)cc2)CC1(C)C. The summed E-state index contributed by atoms with van der Waals surface area (Å²) in [4.78, 5) is 16.8. The smallest absolute Gasteiger partial charge is 0.253 e. The second-order valence-electron chi connectivity index (χ2n) is 6.03. The molecule has 0 spiro atoms. The fraction of sp³-hybridized carbons (Fsp3) is 0.562. The molecule has 2 rings (SSSR count). The maximum atomic E-state index is 12.9. The monoisotopic (exact) mass is 278 g/mol. The van der Waals surface area contributed by atoms with Crippen molar-refractivity contribution in [3.63, 3.8) is 0 Å². The van der Waals surface area contributed by atoms with E-state index < -0.39 is 0 Å². The van der Waals surface area contributed by atoms with Crippen LogP contribution in [0.2, 0.25) is 0 Å². The van der Waals surface area contributed by atoms with Crippen molar-refractivity contribution < 1.29 is 9.18 Å². The van der Waals surface area contributed by atoms with Crippen LogP contribution in [0.4, 0.5) is 4.39 Å². The number of halogens is 1. The van der Waals surface area contributed by atoms with E-state index in [1.165, 1.54) is 12.1 Å². The van der Waals surface area contributed by atoms with Crippen LogP contribution in [-0.2, 0) is 0 Å². The minimum absolute atomic E-state index is 0.00535. The van der Waals surface area contributed by atoms with Gasteiger partial charge >= 0.3 is 0 Å². The molecular weight excluding hydrogens is 255 g/mol. The van der Waals surface area contributed by atoms with Crippen molar-refractivity contribution in [2.24, 2.45) is 0 Å². The molecule has 0 bridgehead atoms. The van der Waals surface area contributed by atoms with Gasteiger partial charge < -0.3 is 4.90 Å². The summed E-state index contributed by atoms with van der Waals surface area (Å²) in [5, 5.41) is 0. The molecule has 1 aliphatic rings. The summed E-state index contributed by atoms with van der Waals surface area (Å²) < 4.78 is 12.9. The first-order valence-electron chi connectivity index (χ1n) is 7.24. The molecule has 3 nitrogen and oxygen atoms in total. The van der Waals surface area contributed by atoms with Gasteiger partial charge in [0.05, 0.1) is 0 Å². The second kappa shape index (κ2) is 5.92. The van der Waals surface area contributed by atoms with Gasteiger partial charge in [-0.15, -0.1) is 0 Å². The first kappa shape index (κ1) is 15.0. The number of rotatable bonds is 3. The third kappa shape index (κ3) is 3.18. The third-order valence-electron chi connectivity index (χ3n) is 3.95. The van der Waals surface area contributed by atoms with E-state index in [1.54, 1.807) is 12.1 Å². The summed E-state index contributed by atoms with van der Waals surface area (Å²) in [6.07, 6.45) is 1.12. The van der Waals surface area contributed by atoms with Gasteiger partial charge in [-0.1, -0.05) is 6.92 Å². The highest BCUT2D eigenvalue weighted by Crippen LogP contribution is 2.22. The van der Waals surface area contributed by atoms with Crippen LogP contribution in [-0.4, -0.2) is 47.4 Å². The van der Waals surface area contributed by atoms with E-state index in [0.717, 1.165) is 26.1 Å². The van der Waals surface area contributed by atoms with E-state index in [2.05, 4.69) is 25.7 Å². The Morgan fingerprint density at radius 1 is 1.25 bits per heavy atom. The van der Waals surface area contributed by atoms with Crippen molar-refractivity contribution in [2.75, 3.05) is 26.2 Å². The van der Waals surface area contributed by atoms with Gasteiger partial charge in [-0.05, 0) is 51.1 Å². The Labute approximate surface area is 120 Å². The van der Waals surface area contributed by atoms with Crippen LogP contribution in [0.5, 0.6) is 0 Å². The molecule has 0 atom stereocenters. The highest BCUT2D eigenvalue weighted by atomic mass is 19.1. The molecule has 4 heteroatoms. The van der Waals surface area contributed by atoms with Gasteiger partial charge in [-0.25, -0.2) is 4.39 Å². The lowest BCUT2D eigenvalue weighted by atomic mass is 9.97. The van der Waals surface area contributed by atoms with E-state index in [-0.39, 0.29) is 17.3 Å². The summed E-state index contributed by atoms with van der Waals surface area (Å²) >= 11 is 0. The Morgan fingerprint density at radius 3 is 2.45 bits per heavy atom. The van der Waals surface area contributed by atoms with Crippen LogP contribution in [0.1, 0.15) is 37.6 Å². The van der Waals surface area contributed by atoms with Crippen LogP contribution in [0.15, 0.2) is 24.3 Å². The number of hydrogen-bond acceptors (Lipinski definition) is 2. The first-order valence-corrected chi connectivity index (χ1v) is 7.24. The lowest BCUT2D eigenvalue weighted by Gasteiger charge is -2.47. The van der Waals surface area contributed by atoms with E-state index >= 15 is 0 Å². The quantitative estimate of drug-likeness (QED) is 0.849. The average Bonchev–Trinajstić information content (AvgIpc) is 2.41. The minimum atomic E-state index is -0.311. The molecule has 110 valence electrons. The Morgan fingerprint density at radius 2 is 1.90 bits per heavy atom. The maximum Gasteiger partial charge on any atom is 0.253 e. The lowest BCUT2D eigenvalue weighted by molar-refractivity contribution is 0.0183. The molecule has 0 saturated carbocycles. The molecule has 0 unspecified atom stereocenters. The van der Waals surface area contributed by atoms with Gasteiger partial charge in [0.2, 0.25) is 0 Å². The number of benzene rings is 1. The fourth-order valence-corrected chi connectivity index (χ4v) is 2.82. The summed E-state index contributed by atoms with van der Waals surface area (Å²) in [7, 11) is 0. The van der Waals surface area contributed by atoms with Crippen LogP contribution < -0.4 is 0 Å². The van der Waals surface area contributed by atoms with Gasteiger partial charge in [0.25, 0.3) is 5.91 Å². The zero-order valence-electron chi connectivity index (χ0n) is 12.5. The highest BCUT2D eigenvalue weighted by molar-refractivity contribution is 5.94. The number of carbonyl (C=O) groups excluding carboxylic acids is 1. The Balaban J connectivity index is 2.08. The van der Waals surface area contributed by atoms with Crippen molar-refractivity contribution in [3.05, 3.63) is 35.6 Å². The zero-order chi connectivity index (χ0) is 14.8. The second-order valence-corrected chi connectivity index (χ2v) is 6.03. The van der Waals surface area contributed by atoms with Crippen LogP contribution in [0.25, 0.3) is 0 Å². The van der Waals surface area contributed by atoms with Crippen LogP contribution in [0, 0.1) is 5.82 Å². The third-order valence-corrected chi connectivity index (χ3v) is 3.95. The van der Waals surface area contributed by atoms with Crippen LogP contribution in [0.3, 0.4) is 0 Å². The van der Waals surface area contributed by atoms with E-state index in [4.69, 9.17) is 0 Å². The predicted octanol–water partition coefficient (Wildman–Crippen LogP) is 2.77. The van der Waals surface area contributed by atoms with Gasteiger partial charge in [-0.3, -0.25) is 9.69 Å². The van der Waals surface area contributed by atoms with Gasteiger partial charge in [0.15, 0.2) is 0 Å². The molecule has 0 N–H and O–H groups in total. The molecule has 1 heterocycles. The Bertz CT molecular complexity index is 470. The summed E-state index contributed by atoms with van der Waals surface area (Å²) in [6, 6.07) is 5.80. The lowest BCUT2D eigenvalue weighted by Crippen LogP contribution is -2.60. The Kier molecular flexibility index (Phi) is 4.43. The maximum absolute atomic E-state index is 12.9. The average molecular weight is 278 g/mol. The van der Waals surface area contributed by atoms with Crippen molar-refractivity contribution in [2.45, 2.75) is 32.7 Å². The molecule has 1 amide bonds. The van der Waals surface area contributed by atoms with E-state index in [9.17, 15) is 9.18 Å². The summed E-state index contributed by atoms with van der Waals surface area (Å²) in [5.41, 5.74) is 0.551. The molecule has 1 saturated heterocycles. The minimum Gasteiger partial charge on any atom is -0.336 e. The Hall–Kier alpha value is -1.42. The highest BCUT2D eigenvalue weighted by Gasteiger charge is 2.35. The van der Waals surface area contributed by atoms with Gasteiger partial charge in [-0.2, -0.15) is 0 Å². The molecule has 20 heavy (non-hydrogen) atoms. The standard InChI is InChI=1S/C16H23FN2O/c1-4-9-19-11-10-18(12-16(19,2)3)15(20)13-5-7-14(17)8-6-13/h5-8H,4,9-12H2,1-3H3.